The standard InChI is InChI=1S/C14H22N2O3S/c1-2-3-9-14(20)11(17)15-13(19)16(12(14)18)10-7-5-4-6-8-10/h10,20H,2-9H2,1H3,(H,15,17,19). The van der Waals surface area contributed by atoms with Crippen LogP contribution in [-0.4, -0.2) is 33.5 Å². The Hall–Kier alpha value is -1.04. The van der Waals surface area contributed by atoms with E-state index in [9.17, 15) is 14.4 Å². The van der Waals surface area contributed by atoms with Crippen molar-refractivity contribution in [3.8, 4) is 0 Å². The van der Waals surface area contributed by atoms with Crippen LogP contribution in [0.15, 0.2) is 0 Å². The lowest BCUT2D eigenvalue weighted by Gasteiger charge is -2.41. The third-order valence-electron chi connectivity index (χ3n) is 4.22. The molecule has 0 radical (unpaired) electrons. The van der Waals surface area contributed by atoms with Gasteiger partial charge in [0.05, 0.1) is 0 Å². The lowest BCUT2D eigenvalue weighted by Crippen LogP contribution is -2.67. The molecule has 5 nitrogen and oxygen atoms in total. The fourth-order valence-electron chi connectivity index (χ4n) is 2.97. The van der Waals surface area contributed by atoms with Crippen molar-refractivity contribution in [3.05, 3.63) is 0 Å². The lowest BCUT2D eigenvalue weighted by atomic mass is 9.90. The Kier molecular flexibility index (Phi) is 4.73. The molecule has 1 saturated carbocycles. The highest BCUT2D eigenvalue weighted by molar-refractivity contribution is 7.83. The van der Waals surface area contributed by atoms with Gasteiger partial charge in [0.1, 0.15) is 0 Å². The number of rotatable bonds is 4. The third-order valence-corrected chi connectivity index (χ3v) is 4.84. The second kappa shape index (κ2) is 6.16. The maximum absolute atomic E-state index is 12.6. The highest BCUT2D eigenvalue weighted by Crippen LogP contribution is 2.32. The van der Waals surface area contributed by atoms with Crippen LogP contribution in [-0.2, 0) is 9.59 Å². The molecular formula is C14H22N2O3S. The second-order valence-electron chi connectivity index (χ2n) is 5.69. The molecule has 2 fully saturated rings. The Morgan fingerprint density at radius 1 is 1.25 bits per heavy atom. The molecule has 0 bridgehead atoms. The zero-order valence-corrected chi connectivity index (χ0v) is 12.7. The van der Waals surface area contributed by atoms with Crippen LogP contribution in [0.5, 0.6) is 0 Å². The molecule has 1 unspecified atom stereocenters. The van der Waals surface area contributed by atoms with Gasteiger partial charge in [0.25, 0.3) is 11.8 Å². The van der Waals surface area contributed by atoms with E-state index in [1.54, 1.807) is 0 Å². The van der Waals surface area contributed by atoms with Crippen LogP contribution >= 0.6 is 12.6 Å². The Morgan fingerprint density at radius 2 is 1.90 bits per heavy atom. The quantitative estimate of drug-likeness (QED) is 0.618. The van der Waals surface area contributed by atoms with E-state index in [1.807, 2.05) is 6.92 Å². The number of carbonyl (C=O) groups is 3. The van der Waals surface area contributed by atoms with Crippen molar-refractivity contribution in [2.45, 2.75) is 69.1 Å². The summed E-state index contributed by atoms with van der Waals surface area (Å²) in [5, 5.41) is 2.31. The van der Waals surface area contributed by atoms with Crippen LogP contribution in [0.3, 0.4) is 0 Å². The number of barbiturate groups is 1. The summed E-state index contributed by atoms with van der Waals surface area (Å²) in [5.41, 5.74) is 0. The van der Waals surface area contributed by atoms with Gasteiger partial charge in [0.2, 0.25) is 0 Å². The highest BCUT2D eigenvalue weighted by atomic mass is 32.1. The zero-order valence-electron chi connectivity index (χ0n) is 11.9. The number of thiol groups is 1. The summed E-state index contributed by atoms with van der Waals surface area (Å²) < 4.78 is -1.39. The molecule has 1 aliphatic carbocycles. The average molecular weight is 298 g/mol. The second-order valence-corrected chi connectivity index (χ2v) is 6.45. The number of nitrogens with one attached hydrogen (secondary N) is 1. The molecule has 2 aliphatic rings. The molecule has 1 saturated heterocycles. The van der Waals surface area contributed by atoms with Gasteiger partial charge in [-0.15, -0.1) is 0 Å². The van der Waals surface area contributed by atoms with Crippen molar-refractivity contribution in [1.82, 2.24) is 10.2 Å². The monoisotopic (exact) mass is 298 g/mol. The number of hydrogen-bond donors (Lipinski definition) is 2. The molecule has 1 aliphatic heterocycles. The number of nitrogens with zero attached hydrogens (tertiary/aromatic N) is 1. The maximum atomic E-state index is 12.6. The Morgan fingerprint density at radius 3 is 2.50 bits per heavy atom. The fraction of sp³-hybridized carbons (Fsp3) is 0.786. The highest BCUT2D eigenvalue weighted by Gasteiger charge is 2.52. The summed E-state index contributed by atoms with van der Waals surface area (Å²) in [4.78, 5) is 37.9. The van der Waals surface area contributed by atoms with Gasteiger partial charge >= 0.3 is 6.03 Å². The Bertz CT molecular complexity index is 421. The summed E-state index contributed by atoms with van der Waals surface area (Å²) in [6.07, 6.45) is 6.80. The molecule has 20 heavy (non-hydrogen) atoms. The first-order valence-corrected chi connectivity index (χ1v) is 7.87. The minimum Gasteiger partial charge on any atom is -0.276 e. The number of unbranched alkanes of at least 4 members (excludes halogenated alkanes) is 1. The van der Waals surface area contributed by atoms with Gasteiger partial charge in [-0.1, -0.05) is 39.0 Å². The molecule has 0 aromatic heterocycles. The van der Waals surface area contributed by atoms with E-state index in [1.165, 1.54) is 4.90 Å². The van der Waals surface area contributed by atoms with Gasteiger partial charge in [-0.2, -0.15) is 12.6 Å². The van der Waals surface area contributed by atoms with Crippen molar-refractivity contribution in [1.29, 1.82) is 0 Å². The zero-order chi connectivity index (χ0) is 14.8. The SMILES string of the molecule is CCCCC1(S)C(=O)NC(=O)N(C2CCCCC2)C1=O. The van der Waals surface area contributed by atoms with Gasteiger partial charge in [-0.3, -0.25) is 19.8 Å². The van der Waals surface area contributed by atoms with Crippen LogP contribution in [0.2, 0.25) is 0 Å². The average Bonchev–Trinajstić information content (AvgIpc) is 2.44. The van der Waals surface area contributed by atoms with Crippen molar-refractivity contribution >= 4 is 30.5 Å². The molecule has 6 heteroatoms. The number of hydrogen-bond acceptors (Lipinski definition) is 4. The molecule has 1 atom stereocenters. The lowest BCUT2D eigenvalue weighted by molar-refractivity contribution is -0.142. The summed E-state index contributed by atoms with van der Waals surface area (Å²) in [6, 6.07) is -0.662. The topological polar surface area (TPSA) is 66.5 Å². The van der Waals surface area contributed by atoms with E-state index in [4.69, 9.17) is 0 Å². The van der Waals surface area contributed by atoms with Crippen LogP contribution in [0, 0.1) is 0 Å². The predicted octanol–water partition coefficient (Wildman–Crippen LogP) is 2.26. The minimum atomic E-state index is -1.39. The first-order valence-electron chi connectivity index (χ1n) is 7.42. The molecule has 4 amide bonds. The van der Waals surface area contributed by atoms with Gasteiger partial charge in [-0.25, -0.2) is 4.79 Å². The largest absolute Gasteiger partial charge is 0.331 e. The molecule has 112 valence electrons. The van der Waals surface area contributed by atoms with Gasteiger partial charge in [0, 0.05) is 6.04 Å². The van der Waals surface area contributed by atoms with E-state index in [-0.39, 0.29) is 6.04 Å². The summed E-state index contributed by atoms with van der Waals surface area (Å²) >= 11 is 4.34. The molecule has 1 N–H and O–H groups in total. The molecular weight excluding hydrogens is 276 g/mol. The van der Waals surface area contributed by atoms with Crippen molar-refractivity contribution in [2.24, 2.45) is 0 Å². The summed E-state index contributed by atoms with van der Waals surface area (Å²) in [7, 11) is 0. The summed E-state index contributed by atoms with van der Waals surface area (Å²) in [5.74, 6) is -1.01. The van der Waals surface area contributed by atoms with E-state index < -0.39 is 22.6 Å². The van der Waals surface area contributed by atoms with E-state index in [2.05, 4.69) is 17.9 Å². The van der Waals surface area contributed by atoms with E-state index >= 15 is 0 Å². The van der Waals surface area contributed by atoms with Crippen molar-refractivity contribution < 1.29 is 14.4 Å². The number of imide groups is 2. The maximum Gasteiger partial charge on any atom is 0.331 e. The Labute approximate surface area is 124 Å². The smallest absolute Gasteiger partial charge is 0.276 e. The van der Waals surface area contributed by atoms with Gasteiger partial charge in [0.15, 0.2) is 4.75 Å². The fourth-order valence-corrected chi connectivity index (χ4v) is 3.30. The van der Waals surface area contributed by atoms with Crippen LogP contribution in [0.1, 0.15) is 58.3 Å². The van der Waals surface area contributed by atoms with Crippen LogP contribution in [0.4, 0.5) is 4.79 Å². The predicted molar refractivity (Wildman–Crippen MR) is 78.5 cm³/mol. The van der Waals surface area contributed by atoms with Gasteiger partial charge in [-0.05, 0) is 19.3 Å². The Balaban J connectivity index is 2.21. The van der Waals surface area contributed by atoms with Crippen LogP contribution < -0.4 is 5.32 Å². The number of carbonyl (C=O) groups excluding carboxylic acids is 3. The third kappa shape index (κ3) is 2.71. The van der Waals surface area contributed by atoms with E-state index in [0.29, 0.717) is 6.42 Å². The molecule has 2 rings (SSSR count). The normalized spacial score (nSPS) is 28.7. The first-order chi connectivity index (χ1) is 9.50. The van der Waals surface area contributed by atoms with E-state index in [0.717, 1.165) is 44.9 Å². The molecule has 0 spiro atoms. The molecule has 0 aromatic rings. The molecule has 0 aromatic carbocycles. The molecule has 1 heterocycles. The van der Waals surface area contributed by atoms with Gasteiger partial charge < -0.3 is 0 Å². The van der Waals surface area contributed by atoms with Crippen LogP contribution in [0.25, 0.3) is 0 Å². The minimum absolute atomic E-state index is 0.0856. The summed E-state index contributed by atoms with van der Waals surface area (Å²) in [6.45, 7) is 1.99. The number of amides is 4. The van der Waals surface area contributed by atoms with Crippen molar-refractivity contribution in [2.75, 3.05) is 0 Å². The number of urea groups is 1. The first kappa shape index (κ1) is 15.4. The van der Waals surface area contributed by atoms with Crippen molar-refractivity contribution in [3.63, 3.8) is 0 Å².